The van der Waals surface area contributed by atoms with Gasteiger partial charge in [-0.3, -0.25) is 19.5 Å². The number of rotatable bonds is 6. The number of nitrogens with zero attached hydrogens (tertiary/aromatic N) is 5. The normalized spacial score (nSPS) is 12.8. The zero-order chi connectivity index (χ0) is 13.7. The van der Waals surface area contributed by atoms with Gasteiger partial charge in [0.05, 0.1) is 11.4 Å². The van der Waals surface area contributed by atoms with Crippen molar-refractivity contribution in [3.8, 4) is 0 Å². The predicted octanol–water partition coefficient (Wildman–Crippen LogP) is 1.76. The van der Waals surface area contributed by atoms with Crippen molar-refractivity contribution in [2.24, 2.45) is 0 Å². The highest BCUT2D eigenvalue weighted by Crippen LogP contribution is 2.08. The molecule has 0 saturated heterocycles. The van der Waals surface area contributed by atoms with Crippen molar-refractivity contribution in [1.29, 1.82) is 0 Å². The summed E-state index contributed by atoms with van der Waals surface area (Å²) in [5, 5.41) is 4.51. The van der Waals surface area contributed by atoms with E-state index in [2.05, 4.69) is 46.9 Å². The van der Waals surface area contributed by atoms with E-state index in [0.717, 1.165) is 30.9 Å². The molecule has 19 heavy (non-hydrogen) atoms. The average Bonchev–Trinajstić information content (AvgIpc) is 2.87. The zero-order valence-corrected chi connectivity index (χ0v) is 11.8. The van der Waals surface area contributed by atoms with E-state index in [-0.39, 0.29) is 0 Å². The lowest BCUT2D eigenvalue weighted by Crippen LogP contribution is -2.30. The van der Waals surface area contributed by atoms with E-state index in [1.807, 2.05) is 17.1 Å². The number of likely N-dealkylation sites (N-methyl/N-ethyl adjacent to an activating group) is 1. The van der Waals surface area contributed by atoms with Crippen LogP contribution in [0.15, 0.2) is 30.9 Å². The van der Waals surface area contributed by atoms with E-state index < -0.39 is 0 Å². The molecule has 0 radical (unpaired) electrons. The first kappa shape index (κ1) is 13.7. The second-order valence-corrected chi connectivity index (χ2v) is 4.83. The first-order chi connectivity index (χ1) is 9.19. The van der Waals surface area contributed by atoms with Gasteiger partial charge in [0.2, 0.25) is 0 Å². The van der Waals surface area contributed by atoms with Gasteiger partial charge in [-0.15, -0.1) is 0 Å². The summed E-state index contributed by atoms with van der Waals surface area (Å²) in [6, 6.07) is 2.48. The first-order valence-electron chi connectivity index (χ1n) is 6.66. The summed E-state index contributed by atoms with van der Waals surface area (Å²) in [4.78, 5) is 10.7. The van der Waals surface area contributed by atoms with Crippen LogP contribution >= 0.6 is 0 Å². The fourth-order valence-corrected chi connectivity index (χ4v) is 1.97. The van der Waals surface area contributed by atoms with Gasteiger partial charge >= 0.3 is 0 Å². The third-order valence-electron chi connectivity index (χ3n) is 3.30. The minimum absolute atomic E-state index is 0.406. The Hall–Kier alpha value is -1.75. The predicted molar refractivity (Wildman–Crippen MR) is 74.6 cm³/mol. The van der Waals surface area contributed by atoms with Crippen LogP contribution in [0.25, 0.3) is 0 Å². The van der Waals surface area contributed by atoms with Gasteiger partial charge in [-0.05, 0) is 27.0 Å². The van der Waals surface area contributed by atoms with Crippen LogP contribution in [0.2, 0.25) is 0 Å². The second kappa shape index (κ2) is 6.43. The van der Waals surface area contributed by atoms with Gasteiger partial charge in [0, 0.05) is 50.3 Å². The topological polar surface area (TPSA) is 46.8 Å². The molecule has 0 aliphatic carbocycles. The molecule has 2 aromatic heterocycles. The Morgan fingerprint density at radius 3 is 2.79 bits per heavy atom. The Kier molecular flexibility index (Phi) is 4.63. The van der Waals surface area contributed by atoms with Crippen LogP contribution < -0.4 is 0 Å². The van der Waals surface area contributed by atoms with Gasteiger partial charge in [0.25, 0.3) is 0 Å². The SMILES string of the molecule is CCn1ccc(CN(C)[C@@H](C)Cc2cnccn2)n1. The Balaban J connectivity index is 1.90. The molecular formula is C14H21N5. The van der Waals surface area contributed by atoms with Crippen LogP contribution in [0.5, 0.6) is 0 Å². The fraction of sp³-hybridized carbons (Fsp3) is 0.500. The van der Waals surface area contributed by atoms with Crippen LogP contribution in [-0.4, -0.2) is 37.7 Å². The molecular weight excluding hydrogens is 238 g/mol. The molecule has 1 atom stereocenters. The van der Waals surface area contributed by atoms with Crippen LogP contribution in [0, 0.1) is 0 Å². The second-order valence-electron chi connectivity index (χ2n) is 4.83. The number of aromatic nitrogens is 4. The van der Waals surface area contributed by atoms with Crippen LogP contribution in [-0.2, 0) is 19.5 Å². The van der Waals surface area contributed by atoms with Crippen LogP contribution in [0.1, 0.15) is 25.2 Å². The van der Waals surface area contributed by atoms with E-state index in [9.17, 15) is 0 Å². The molecule has 0 aliphatic rings. The van der Waals surface area contributed by atoms with Crippen molar-refractivity contribution < 1.29 is 0 Å². The smallest absolute Gasteiger partial charge is 0.0764 e. The molecule has 0 saturated carbocycles. The van der Waals surface area contributed by atoms with E-state index in [4.69, 9.17) is 0 Å². The van der Waals surface area contributed by atoms with E-state index in [0.29, 0.717) is 6.04 Å². The van der Waals surface area contributed by atoms with Gasteiger partial charge in [0.15, 0.2) is 0 Å². The number of aryl methyl sites for hydroxylation is 1. The highest BCUT2D eigenvalue weighted by atomic mass is 15.3. The third-order valence-corrected chi connectivity index (χ3v) is 3.30. The molecule has 0 amide bonds. The minimum atomic E-state index is 0.406. The molecule has 102 valence electrons. The molecule has 0 spiro atoms. The zero-order valence-electron chi connectivity index (χ0n) is 11.8. The summed E-state index contributed by atoms with van der Waals surface area (Å²) < 4.78 is 1.95. The quantitative estimate of drug-likeness (QED) is 0.793. The summed E-state index contributed by atoms with van der Waals surface area (Å²) >= 11 is 0. The van der Waals surface area contributed by atoms with Crippen LogP contribution in [0.3, 0.4) is 0 Å². The Morgan fingerprint density at radius 2 is 2.16 bits per heavy atom. The van der Waals surface area contributed by atoms with Gasteiger partial charge in [0.1, 0.15) is 0 Å². The summed E-state index contributed by atoms with van der Waals surface area (Å²) in [6.07, 6.45) is 8.20. The Bertz CT molecular complexity index is 494. The molecule has 0 aliphatic heterocycles. The maximum Gasteiger partial charge on any atom is 0.0764 e. The molecule has 5 heteroatoms. The molecule has 0 unspecified atom stereocenters. The standard InChI is InChI=1S/C14H21N5/c1-4-19-8-5-13(17-19)11-18(3)12(2)9-14-10-15-6-7-16-14/h5-8,10,12H,4,9,11H2,1-3H3/t12-/m0/s1. The average molecular weight is 259 g/mol. The minimum Gasteiger partial charge on any atom is -0.297 e. The van der Waals surface area contributed by atoms with Crippen molar-refractivity contribution in [3.05, 3.63) is 42.2 Å². The van der Waals surface area contributed by atoms with Crippen molar-refractivity contribution >= 4 is 0 Å². The first-order valence-corrected chi connectivity index (χ1v) is 6.66. The Labute approximate surface area is 114 Å². The molecule has 0 bridgehead atoms. The summed E-state index contributed by atoms with van der Waals surface area (Å²) in [5.41, 5.74) is 2.14. The fourth-order valence-electron chi connectivity index (χ4n) is 1.97. The van der Waals surface area contributed by atoms with Crippen molar-refractivity contribution in [1.82, 2.24) is 24.6 Å². The van der Waals surface area contributed by atoms with E-state index in [1.165, 1.54) is 0 Å². The largest absolute Gasteiger partial charge is 0.297 e. The van der Waals surface area contributed by atoms with E-state index >= 15 is 0 Å². The highest BCUT2D eigenvalue weighted by molar-refractivity contribution is 5.01. The lowest BCUT2D eigenvalue weighted by molar-refractivity contribution is 0.243. The van der Waals surface area contributed by atoms with Crippen LogP contribution in [0.4, 0.5) is 0 Å². The number of hydrogen-bond donors (Lipinski definition) is 0. The maximum absolute atomic E-state index is 4.51. The number of hydrogen-bond acceptors (Lipinski definition) is 4. The molecule has 5 nitrogen and oxygen atoms in total. The van der Waals surface area contributed by atoms with E-state index in [1.54, 1.807) is 12.4 Å². The summed E-state index contributed by atoms with van der Waals surface area (Å²) in [7, 11) is 2.12. The summed E-state index contributed by atoms with van der Waals surface area (Å²) in [5.74, 6) is 0. The lowest BCUT2D eigenvalue weighted by atomic mass is 10.1. The molecule has 0 aromatic carbocycles. The third kappa shape index (κ3) is 3.86. The van der Waals surface area contributed by atoms with Crippen molar-refractivity contribution in [2.75, 3.05) is 7.05 Å². The van der Waals surface area contributed by atoms with Gasteiger partial charge < -0.3 is 0 Å². The lowest BCUT2D eigenvalue weighted by Gasteiger charge is -2.23. The highest BCUT2D eigenvalue weighted by Gasteiger charge is 2.12. The molecule has 2 heterocycles. The van der Waals surface area contributed by atoms with Gasteiger partial charge in [-0.2, -0.15) is 5.10 Å². The van der Waals surface area contributed by atoms with Crippen molar-refractivity contribution in [3.63, 3.8) is 0 Å². The Morgan fingerprint density at radius 1 is 1.32 bits per heavy atom. The van der Waals surface area contributed by atoms with Gasteiger partial charge in [-0.25, -0.2) is 0 Å². The monoisotopic (exact) mass is 259 g/mol. The molecule has 2 aromatic rings. The molecule has 2 rings (SSSR count). The summed E-state index contributed by atoms with van der Waals surface area (Å²) in [6.45, 7) is 6.07. The molecule has 0 N–H and O–H groups in total. The maximum atomic E-state index is 4.51. The van der Waals surface area contributed by atoms with Crippen molar-refractivity contribution in [2.45, 2.75) is 39.4 Å². The van der Waals surface area contributed by atoms with Gasteiger partial charge in [-0.1, -0.05) is 0 Å². The molecule has 0 fully saturated rings.